The van der Waals surface area contributed by atoms with Gasteiger partial charge in [0.1, 0.15) is 12.3 Å². The second kappa shape index (κ2) is 7.52. The lowest BCUT2D eigenvalue weighted by molar-refractivity contribution is -0.149. The molecule has 1 aliphatic rings. The number of nitrogens with one attached hydrogen (secondary N) is 1. The number of nitrogens with zero attached hydrogens (tertiary/aromatic N) is 1. The highest BCUT2D eigenvalue weighted by Crippen LogP contribution is 2.31. The zero-order chi connectivity index (χ0) is 17.8. The van der Waals surface area contributed by atoms with Gasteiger partial charge in [-0.05, 0) is 13.0 Å². The number of carbonyl (C=O) groups is 2. The van der Waals surface area contributed by atoms with E-state index in [1.165, 1.54) is 4.57 Å². The third-order valence-corrected chi connectivity index (χ3v) is 4.80. The van der Waals surface area contributed by atoms with Crippen molar-refractivity contribution in [3.8, 4) is 5.75 Å². The molecule has 2 heterocycles. The SMILES string of the molecule is Cc1csc(=O)n1CC(=O)OCC(=O)NC1CCOc2ccccc21. The average Bonchev–Trinajstić information content (AvgIpc) is 2.92. The van der Waals surface area contributed by atoms with E-state index in [1.54, 1.807) is 12.3 Å². The lowest BCUT2D eigenvalue weighted by Gasteiger charge is -2.26. The number of amides is 1. The molecular weight excluding hydrogens is 344 g/mol. The minimum Gasteiger partial charge on any atom is -0.493 e. The zero-order valence-corrected chi connectivity index (χ0v) is 14.5. The Labute approximate surface area is 148 Å². The van der Waals surface area contributed by atoms with Gasteiger partial charge in [-0.3, -0.25) is 19.0 Å². The summed E-state index contributed by atoms with van der Waals surface area (Å²) in [6, 6.07) is 7.34. The van der Waals surface area contributed by atoms with Gasteiger partial charge in [0.05, 0.1) is 12.6 Å². The Morgan fingerprint density at radius 2 is 2.20 bits per heavy atom. The summed E-state index contributed by atoms with van der Waals surface area (Å²) < 4.78 is 11.8. The van der Waals surface area contributed by atoms with Gasteiger partial charge >= 0.3 is 10.8 Å². The summed E-state index contributed by atoms with van der Waals surface area (Å²) in [5.74, 6) is -0.251. The first-order valence-corrected chi connectivity index (χ1v) is 8.74. The Morgan fingerprint density at radius 1 is 1.40 bits per heavy atom. The molecule has 0 saturated carbocycles. The minimum absolute atomic E-state index is 0.169. The smallest absolute Gasteiger partial charge is 0.326 e. The molecule has 7 nitrogen and oxygen atoms in total. The van der Waals surface area contributed by atoms with Crippen molar-refractivity contribution < 1.29 is 19.1 Å². The highest BCUT2D eigenvalue weighted by molar-refractivity contribution is 7.07. The Morgan fingerprint density at radius 3 is 2.96 bits per heavy atom. The Kier molecular flexibility index (Phi) is 5.18. The first-order valence-electron chi connectivity index (χ1n) is 7.86. The molecule has 132 valence electrons. The number of carbonyl (C=O) groups excluding carboxylic acids is 2. The van der Waals surface area contributed by atoms with Crippen LogP contribution in [-0.4, -0.2) is 29.7 Å². The number of benzene rings is 1. The Balaban J connectivity index is 1.52. The molecular formula is C17H18N2O5S. The van der Waals surface area contributed by atoms with Gasteiger partial charge in [-0.15, -0.1) is 0 Å². The van der Waals surface area contributed by atoms with Gasteiger partial charge in [0.2, 0.25) is 0 Å². The first-order chi connectivity index (χ1) is 12.0. The Bertz CT molecular complexity index is 842. The molecule has 1 unspecified atom stereocenters. The van der Waals surface area contributed by atoms with Gasteiger partial charge in [0.15, 0.2) is 6.61 Å². The number of hydrogen-bond donors (Lipinski definition) is 1. The van der Waals surface area contributed by atoms with Gasteiger partial charge in [0, 0.05) is 23.1 Å². The lowest BCUT2D eigenvalue weighted by Crippen LogP contribution is -2.35. The predicted octanol–water partition coefficient (Wildman–Crippen LogP) is 1.40. The molecule has 0 bridgehead atoms. The third-order valence-electron chi connectivity index (χ3n) is 3.92. The first kappa shape index (κ1) is 17.2. The number of hydrogen-bond acceptors (Lipinski definition) is 6. The van der Waals surface area contributed by atoms with Gasteiger partial charge in [0.25, 0.3) is 5.91 Å². The fourth-order valence-electron chi connectivity index (χ4n) is 2.64. The van der Waals surface area contributed by atoms with E-state index in [9.17, 15) is 14.4 Å². The van der Waals surface area contributed by atoms with Crippen LogP contribution in [0.5, 0.6) is 5.75 Å². The normalized spacial score (nSPS) is 15.8. The van der Waals surface area contributed by atoms with E-state index in [0.717, 1.165) is 22.6 Å². The van der Waals surface area contributed by atoms with E-state index in [2.05, 4.69) is 5.32 Å². The summed E-state index contributed by atoms with van der Waals surface area (Å²) in [5.41, 5.74) is 1.60. The number of aromatic nitrogens is 1. The fraction of sp³-hybridized carbons (Fsp3) is 0.353. The van der Waals surface area contributed by atoms with Crippen LogP contribution in [0.1, 0.15) is 23.7 Å². The standard InChI is InChI=1S/C17H18N2O5S/c1-11-10-25-17(22)19(11)8-16(21)24-9-15(20)18-13-6-7-23-14-5-3-2-4-12(13)14/h2-5,10,13H,6-9H2,1H3,(H,18,20). The number of esters is 1. The van der Waals surface area contributed by atoms with Gasteiger partial charge in [-0.25, -0.2) is 0 Å². The maximum Gasteiger partial charge on any atom is 0.326 e. The van der Waals surface area contributed by atoms with E-state index in [-0.39, 0.29) is 30.0 Å². The molecule has 3 rings (SSSR count). The van der Waals surface area contributed by atoms with E-state index in [0.29, 0.717) is 18.7 Å². The molecule has 2 aromatic rings. The monoisotopic (exact) mass is 362 g/mol. The van der Waals surface area contributed by atoms with Gasteiger partial charge < -0.3 is 14.8 Å². The maximum absolute atomic E-state index is 12.1. The fourth-order valence-corrected chi connectivity index (χ4v) is 3.38. The van der Waals surface area contributed by atoms with Crippen molar-refractivity contribution in [2.75, 3.05) is 13.2 Å². The second-order valence-corrected chi connectivity index (χ2v) is 6.51. The molecule has 0 radical (unpaired) electrons. The molecule has 1 amide bonds. The van der Waals surface area contributed by atoms with Crippen LogP contribution in [0, 0.1) is 6.92 Å². The van der Waals surface area contributed by atoms with Crippen LogP contribution in [0.15, 0.2) is 34.4 Å². The average molecular weight is 362 g/mol. The third kappa shape index (κ3) is 4.08. The number of rotatable bonds is 5. The van der Waals surface area contributed by atoms with Crippen LogP contribution in [0.3, 0.4) is 0 Å². The Hall–Kier alpha value is -2.61. The number of para-hydroxylation sites is 1. The summed E-state index contributed by atoms with van der Waals surface area (Å²) >= 11 is 1.02. The summed E-state index contributed by atoms with van der Waals surface area (Å²) in [6.45, 7) is 1.68. The van der Waals surface area contributed by atoms with Crippen molar-refractivity contribution in [3.05, 3.63) is 50.6 Å². The topological polar surface area (TPSA) is 86.6 Å². The van der Waals surface area contributed by atoms with Crippen LogP contribution >= 0.6 is 11.3 Å². The van der Waals surface area contributed by atoms with E-state index in [1.807, 2.05) is 24.3 Å². The summed E-state index contributed by atoms with van der Waals surface area (Å²) in [4.78, 5) is 35.3. The van der Waals surface area contributed by atoms with E-state index in [4.69, 9.17) is 9.47 Å². The predicted molar refractivity (Wildman–Crippen MR) is 91.7 cm³/mol. The molecule has 1 aromatic carbocycles. The molecule has 0 saturated heterocycles. The number of thiazole rings is 1. The van der Waals surface area contributed by atoms with Crippen LogP contribution in [-0.2, 0) is 20.9 Å². The van der Waals surface area contributed by atoms with Crippen LogP contribution in [0.2, 0.25) is 0 Å². The molecule has 0 spiro atoms. The zero-order valence-electron chi connectivity index (χ0n) is 13.7. The molecule has 1 atom stereocenters. The van der Waals surface area contributed by atoms with Crippen molar-refractivity contribution in [1.29, 1.82) is 0 Å². The summed E-state index contributed by atoms with van der Waals surface area (Å²) in [7, 11) is 0. The highest BCUT2D eigenvalue weighted by atomic mass is 32.1. The summed E-state index contributed by atoms with van der Waals surface area (Å²) in [5, 5.41) is 4.52. The number of aryl methyl sites for hydroxylation is 1. The minimum atomic E-state index is -0.619. The number of ether oxygens (including phenoxy) is 2. The number of fused-ring (bicyclic) bond motifs is 1. The molecule has 0 fully saturated rings. The van der Waals surface area contributed by atoms with Gasteiger partial charge in [-0.2, -0.15) is 0 Å². The van der Waals surface area contributed by atoms with Crippen molar-refractivity contribution in [1.82, 2.24) is 9.88 Å². The highest BCUT2D eigenvalue weighted by Gasteiger charge is 2.23. The molecule has 25 heavy (non-hydrogen) atoms. The second-order valence-electron chi connectivity index (χ2n) is 5.68. The molecule has 8 heteroatoms. The molecule has 1 N–H and O–H groups in total. The summed E-state index contributed by atoms with van der Waals surface area (Å²) in [6.07, 6.45) is 0.653. The van der Waals surface area contributed by atoms with Crippen LogP contribution in [0.4, 0.5) is 0 Å². The van der Waals surface area contributed by atoms with Gasteiger partial charge in [-0.1, -0.05) is 29.5 Å². The van der Waals surface area contributed by atoms with E-state index >= 15 is 0 Å². The quantitative estimate of drug-likeness (QED) is 0.813. The van der Waals surface area contributed by atoms with Crippen LogP contribution < -0.4 is 14.9 Å². The van der Waals surface area contributed by atoms with E-state index < -0.39 is 5.97 Å². The molecule has 1 aromatic heterocycles. The van der Waals surface area contributed by atoms with Crippen molar-refractivity contribution in [2.45, 2.75) is 25.9 Å². The lowest BCUT2D eigenvalue weighted by atomic mass is 10.0. The van der Waals surface area contributed by atoms with Crippen LogP contribution in [0.25, 0.3) is 0 Å². The van der Waals surface area contributed by atoms with Crippen molar-refractivity contribution in [2.24, 2.45) is 0 Å². The largest absolute Gasteiger partial charge is 0.493 e. The molecule has 0 aliphatic carbocycles. The molecule has 1 aliphatic heterocycles. The maximum atomic E-state index is 12.1. The van der Waals surface area contributed by atoms with Crippen molar-refractivity contribution in [3.63, 3.8) is 0 Å². The van der Waals surface area contributed by atoms with Crippen molar-refractivity contribution >= 4 is 23.2 Å².